The zero-order chi connectivity index (χ0) is 14.5. The van der Waals surface area contributed by atoms with Gasteiger partial charge in [-0.2, -0.15) is 8.78 Å². The summed E-state index contributed by atoms with van der Waals surface area (Å²) < 4.78 is 27.6. The molecule has 2 heterocycles. The van der Waals surface area contributed by atoms with Crippen LogP contribution in [0.1, 0.15) is 12.8 Å². The Labute approximate surface area is 104 Å². The predicted octanol–water partition coefficient (Wildman–Crippen LogP) is -0.0238. The summed E-state index contributed by atoms with van der Waals surface area (Å²) in [6.45, 7) is 0. The summed E-state index contributed by atoms with van der Waals surface area (Å²) in [5.41, 5.74) is -1.48. The number of nitrogens with zero attached hydrogens (tertiary/aromatic N) is 1. The molecule has 1 saturated heterocycles. The monoisotopic (exact) mass is 277 g/mol. The van der Waals surface area contributed by atoms with Crippen LogP contribution < -0.4 is 0 Å². The summed E-state index contributed by atoms with van der Waals surface area (Å²) in [7, 11) is 0. The van der Waals surface area contributed by atoms with Gasteiger partial charge in [-0.15, -0.1) is 0 Å². The summed E-state index contributed by atoms with van der Waals surface area (Å²) in [6.07, 6.45) is -0.547. The first-order valence-electron chi connectivity index (χ1n) is 5.30. The lowest BCUT2D eigenvalue weighted by Crippen LogP contribution is -2.57. The van der Waals surface area contributed by atoms with Crippen LogP contribution in [-0.2, 0) is 14.4 Å². The average molecular weight is 277 g/mol. The van der Waals surface area contributed by atoms with Crippen LogP contribution in [0, 0.1) is 0 Å². The van der Waals surface area contributed by atoms with Gasteiger partial charge in [-0.3, -0.25) is 4.79 Å². The Kier molecular flexibility index (Phi) is 2.72. The molecule has 2 atom stereocenters. The van der Waals surface area contributed by atoms with Gasteiger partial charge in [-0.25, -0.2) is 9.59 Å². The van der Waals surface area contributed by atoms with Gasteiger partial charge < -0.3 is 20.2 Å². The van der Waals surface area contributed by atoms with E-state index in [0.717, 1.165) is 0 Å². The Bertz CT molecular complexity index is 514. The van der Waals surface area contributed by atoms with Gasteiger partial charge in [0, 0.05) is 0 Å². The first-order valence-corrected chi connectivity index (χ1v) is 5.30. The molecule has 0 aromatic heterocycles. The second kappa shape index (κ2) is 3.90. The molecule has 0 bridgehead atoms. The molecule has 2 aliphatic heterocycles. The number of aliphatic hydroxyl groups is 1. The number of carbonyl (C=O) groups excluding carboxylic acids is 1. The number of fused-ring (bicyclic) bond motifs is 1. The zero-order valence-corrected chi connectivity index (χ0v) is 9.34. The number of rotatable bonds is 2. The second-order valence-electron chi connectivity index (χ2n) is 4.31. The molecule has 0 saturated carbocycles. The number of hydrogen-bond acceptors (Lipinski definition) is 4. The Hall–Kier alpha value is -2.19. The number of carboxylic acid groups (broad SMARTS) is 2. The van der Waals surface area contributed by atoms with E-state index in [1.165, 1.54) is 0 Å². The van der Waals surface area contributed by atoms with E-state index in [2.05, 4.69) is 0 Å². The number of carbonyl (C=O) groups is 3. The highest BCUT2D eigenvalue weighted by atomic mass is 19.3. The third-order valence-electron chi connectivity index (χ3n) is 3.30. The van der Waals surface area contributed by atoms with Crippen molar-refractivity contribution in [1.82, 2.24) is 4.90 Å². The molecule has 0 aromatic carbocycles. The predicted molar refractivity (Wildman–Crippen MR) is 53.5 cm³/mol. The van der Waals surface area contributed by atoms with Gasteiger partial charge in [-0.1, -0.05) is 0 Å². The van der Waals surface area contributed by atoms with Crippen LogP contribution in [0.4, 0.5) is 8.78 Å². The van der Waals surface area contributed by atoms with Crippen molar-refractivity contribution in [2.45, 2.75) is 30.8 Å². The van der Waals surface area contributed by atoms with E-state index in [0.29, 0.717) is 4.90 Å². The Morgan fingerprint density at radius 3 is 2.32 bits per heavy atom. The minimum Gasteiger partial charge on any atom is -0.505 e. The summed E-state index contributed by atoms with van der Waals surface area (Å²) in [5.74, 6) is -10.7. The van der Waals surface area contributed by atoms with E-state index in [1.54, 1.807) is 0 Å². The van der Waals surface area contributed by atoms with Crippen LogP contribution in [-0.4, -0.2) is 56.1 Å². The van der Waals surface area contributed by atoms with Crippen LogP contribution in [0.5, 0.6) is 0 Å². The lowest BCUT2D eigenvalue weighted by molar-refractivity contribution is -0.159. The van der Waals surface area contributed by atoms with Gasteiger partial charge in [0.15, 0.2) is 11.3 Å². The molecular weight excluding hydrogens is 268 g/mol. The lowest BCUT2D eigenvalue weighted by atomic mass is 9.96. The van der Waals surface area contributed by atoms with Crippen LogP contribution in [0.25, 0.3) is 0 Å². The minimum atomic E-state index is -3.97. The van der Waals surface area contributed by atoms with Crippen molar-refractivity contribution in [3.63, 3.8) is 0 Å². The minimum absolute atomic E-state index is 0.221. The molecule has 1 unspecified atom stereocenters. The number of amides is 1. The molecule has 0 radical (unpaired) electrons. The van der Waals surface area contributed by atoms with E-state index < -0.39 is 47.2 Å². The number of aliphatic carboxylic acids is 2. The molecule has 7 nitrogen and oxygen atoms in total. The fourth-order valence-corrected chi connectivity index (χ4v) is 2.44. The standard InChI is InChI=1S/C10H9F2NO6/c11-10(12)4-2-1-3(8(16)17)13(4)7(15)5(6(10)14)9(18)19/h3-4,14H,1-2H2,(H,16,17)(H,18,19)/t3-,4?/m0/s1. The maximum atomic E-state index is 13.8. The summed E-state index contributed by atoms with van der Waals surface area (Å²) in [5, 5.41) is 26.8. The normalized spacial score (nSPS) is 29.4. The molecule has 9 heteroatoms. The molecule has 0 aromatic rings. The van der Waals surface area contributed by atoms with Crippen molar-refractivity contribution in [3.8, 4) is 0 Å². The van der Waals surface area contributed by atoms with Crippen LogP contribution in [0.3, 0.4) is 0 Å². The molecule has 2 rings (SSSR count). The zero-order valence-electron chi connectivity index (χ0n) is 9.34. The number of hydrogen-bond donors (Lipinski definition) is 3. The van der Waals surface area contributed by atoms with Gasteiger partial charge in [0.05, 0.1) is 0 Å². The second-order valence-corrected chi connectivity index (χ2v) is 4.31. The molecule has 1 amide bonds. The molecule has 2 aliphatic rings. The topological polar surface area (TPSA) is 115 Å². The first-order chi connectivity index (χ1) is 8.69. The summed E-state index contributed by atoms with van der Waals surface area (Å²) in [6, 6.07) is -3.34. The van der Waals surface area contributed by atoms with Gasteiger partial charge in [0.2, 0.25) is 0 Å². The van der Waals surface area contributed by atoms with E-state index in [9.17, 15) is 28.3 Å². The van der Waals surface area contributed by atoms with Crippen molar-refractivity contribution in [2.24, 2.45) is 0 Å². The summed E-state index contributed by atoms with van der Waals surface area (Å²) >= 11 is 0. The summed E-state index contributed by atoms with van der Waals surface area (Å²) in [4.78, 5) is 33.8. The Balaban J connectivity index is 2.57. The van der Waals surface area contributed by atoms with E-state index in [1.807, 2.05) is 0 Å². The number of halogens is 2. The maximum Gasteiger partial charge on any atom is 0.345 e. The smallest absolute Gasteiger partial charge is 0.345 e. The maximum absolute atomic E-state index is 13.8. The van der Waals surface area contributed by atoms with E-state index in [4.69, 9.17) is 10.2 Å². The van der Waals surface area contributed by atoms with Gasteiger partial charge in [0.1, 0.15) is 12.1 Å². The van der Waals surface area contributed by atoms with Crippen LogP contribution in [0.2, 0.25) is 0 Å². The molecule has 1 fully saturated rings. The van der Waals surface area contributed by atoms with Crippen molar-refractivity contribution in [2.75, 3.05) is 0 Å². The molecule has 0 spiro atoms. The molecule has 104 valence electrons. The number of aliphatic hydroxyl groups excluding tert-OH is 1. The third kappa shape index (κ3) is 1.65. The Morgan fingerprint density at radius 2 is 1.84 bits per heavy atom. The van der Waals surface area contributed by atoms with Crippen molar-refractivity contribution >= 4 is 17.8 Å². The highest BCUT2D eigenvalue weighted by molar-refractivity contribution is 6.17. The first kappa shape index (κ1) is 13.2. The molecule has 3 N–H and O–H groups in total. The number of alkyl halides is 2. The van der Waals surface area contributed by atoms with Gasteiger partial charge in [-0.05, 0) is 12.8 Å². The molecular formula is C10H9F2NO6. The number of carboxylic acids is 2. The SMILES string of the molecule is O=C(O)C1=C(O)C(F)(F)C2CC[C@@H](C(=O)O)N2C1=O. The van der Waals surface area contributed by atoms with Crippen LogP contribution in [0.15, 0.2) is 11.3 Å². The Morgan fingerprint density at radius 1 is 1.26 bits per heavy atom. The van der Waals surface area contributed by atoms with Crippen molar-refractivity contribution < 1.29 is 38.5 Å². The van der Waals surface area contributed by atoms with Gasteiger partial charge in [0.25, 0.3) is 5.91 Å². The average Bonchev–Trinajstić information content (AvgIpc) is 2.71. The fraction of sp³-hybridized carbons (Fsp3) is 0.500. The molecule has 0 aliphatic carbocycles. The highest BCUT2D eigenvalue weighted by Gasteiger charge is 2.61. The van der Waals surface area contributed by atoms with E-state index >= 15 is 0 Å². The highest BCUT2D eigenvalue weighted by Crippen LogP contribution is 2.44. The van der Waals surface area contributed by atoms with Crippen molar-refractivity contribution in [3.05, 3.63) is 11.3 Å². The molecule has 19 heavy (non-hydrogen) atoms. The fourth-order valence-electron chi connectivity index (χ4n) is 2.44. The third-order valence-corrected chi connectivity index (χ3v) is 3.30. The van der Waals surface area contributed by atoms with E-state index in [-0.39, 0.29) is 12.8 Å². The van der Waals surface area contributed by atoms with Crippen molar-refractivity contribution in [1.29, 1.82) is 0 Å². The van der Waals surface area contributed by atoms with Gasteiger partial charge >= 0.3 is 17.9 Å². The van der Waals surface area contributed by atoms with Crippen LogP contribution >= 0.6 is 0 Å². The lowest BCUT2D eigenvalue weighted by Gasteiger charge is -2.37. The quantitative estimate of drug-likeness (QED) is 0.611. The largest absolute Gasteiger partial charge is 0.505 e.